The van der Waals surface area contributed by atoms with Crippen molar-refractivity contribution in [3.05, 3.63) is 130 Å². The van der Waals surface area contributed by atoms with E-state index in [1.165, 1.54) is 23.1 Å². The molecule has 0 unspecified atom stereocenters. The maximum atomic E-state index is 14.6. The van der Waals surface area contributed by atoms with Crippen LogP contribution in [0.2, 0.25) is 10.0 Å². The first-order valence-electron chi connectivity index (χ1n) is 15.4. The second-order valence-corrected chi connectivity index (χ2v) is 14.2. The largest absolute Gasteiger partial charge is 0.352 e. The van der Waals surface area contributed by atoms with Gasteiger partial charge in [0.25, 0.3) is 10.0 Å². The Morgan fingerprint density at radius 1 is 0.761 bits per heavy atom. The lowest BCUT2D eigenvalue weighted by Crippen LogP contribution is -2.55. The van der Waals surface area contributed by atoms with Crippen LogP contribution in [0.3, 0.4) is 0 Å². The Morgan fingerprint density at radius 3 is 2.07 bits per heavy atom. The zero-order valence-corrected chi connectivity index (χ0v) is 27.7. The van der Waals surface area contributed by atoms with Gasteiger partial charge in [-0.3, -0.25) is 13.9 Å². The minimum absolute atomic E-state index is 0.0217. The molecule has 1 aliphatic carbocycles. The SMILES string of the molecule is O=C(NC1CCCCC1)[C@H](Cc1ccccc1)N(Cc1ccc(Cl)cc1)C(=O)CN(c1cccc(Cl)c1)S(=O)(=O)c1ccccc1. The highest BCUT2D eigenvalue weighted by atomic mass is 35.5. The highest BCUT2D eigenvalue weighted by Crippen LogP contribution is 2.27. The van der Waals surface area contributed by atoms with Crippen molar-refractivity contribution in [3.63, 3.8) is 0 Å². The number of hydrogen-bond acceptors (Lipinski definition) is 4. The average Bonchev–Trinajstić information content (AvgIpc) is 3.07. The van der Waals surface area contributed by atoms with Gasteiger partial charge in [0.15, 0.2) is 0 Å². The molecule has 1 saturated carbocycles. The van der Waals surface area contributed by atoms with E-state index in [4.69, 9.17) is 23.2 Å². The molecule has 46 heavy (non-hydrogen) atoms. The highest BCUT2D eigenvalue weighted by Gasteiger charge is 2.35. The second-order valence-electron chi connectivity index (χ2n) is 11.5. The van der Waals surface area contributed by atoms with Crippen LogP contribution in [0.4, 0.5) is 5.69 Å². The van der Waals surface area contributed by atoms with Gasteiger partial charge in [0.2, 0.25) is 11.8 Å². The molecule has 0 aliphatic heterocycles. The first-order valence-corrected chi connectivity index (χ1v) is 17.6. The van der Waals surface area contributed by atoms with E-state index in [-0.39, 0.29) is 35.5 Å². The molecular weight excluding hydrogens is 641 g/mol. The minimum atomic E-state index is -4.20. The third-order valence-corrected chi connectivity index (χ3v) is 10.5. The van der Waals surface area contributed by atoms with E-state index in [2.05, 4.69) is 5.32 Å². The number of amides is 2. The van der Waals surface area contributed by atoms with Gasteiger partial charge in [0, 0.05) is 29.1 Å². The third kappa shape index (κ3) is 8.69. The van der Waals surface area contributed by atoms with Crippen molar-refractivity contribution in [2.45, 2.75) is 62.0 Å². The summed E-state index contributed by atoms with van der Waals surface area (Å²) in [5.74, 6) is -0.799. The predicted molar refractivity (Wildman–Crippen MR) is 183 cm³/mol. The zero-order valence-electron chi connectivity index (χ0n) is 25.4. The molecule has 1 N–H and O–H groups in total. The summed E-state index contributed by atoms with van der Waals surface area (Å²) in [6.07, 6.45) is 5.22. The molecular formula is C36H37Cl2N3O4S. The number of carbonyl (C=O) groups is 2. The van der Waals surface area contributed by atoms with Crippen LogP contribution in [-0.4, -0.2) is 43.8 Å². The van der Waals surface area contributed by atoms with E-state index < -0.39 is 28.5 Å². The molecule has 0 spiro atoms. The summed E-state index contributed by atoms with van der Waals surface area (Å²) < 4.78 is 29.2. The molecule has 5 rings (SSSR count). The topological polar surface area (TPSA) is 86.8 Å². The Balaban J connectivity index is 1.55. The summed E-state index contributed by atoms with van der Waals surface area (Å²) in [6.45, 7) is -0.479. The molecule has 0 radical (unpaired) electrons. The van der Waals surface area contributed by atoms with Gasteiger partial charge in [0.05, 0.1) is 10.6 Å². The number of hydrogen-bond donors (Lipinski definition) is 1. The zero-order chi connectivity index (χ0) is 32.5. The molecule has 1 atom stereocenters. The van der Waals surface area contributed by atoms with Crippen LogP contribution < -0.4 is 9.62 Å². The lowest BCUT2D eigenvalue weighted by Gasteiger charge is -2.35. The van der Waals surface area contributed by atoms with E-state index >= 15 is 0 Å². The quantitative estimate of drug-likeness (QED) is 0.171. The van der Waals surface area contributed by atoms with Crippen molar-refractivity contribution >= 4 is 50.7 Å². The normalized spacial score (nSPS) is 14.3. The van der Waals surface area contributed by atoms with Gasteiger partial charge in [-0.25, -0.2) is 8.42 Å². The number of carbonyl (C=O) groups excluding carboxylic acids is 2. The Kier molecular flexibility index (Phi) is 11.4. The van der Waals surface area contributed by atoms with Crippen LogP contribution in [0.25, 0.3) is 0 Å². The number of rotatable bonds is 12. The maximum Gasteiger partial charge on any atom is 0.264 e. The number of nitrogens with one attached hydrogen (secondary N) is 1. The monoisotopic (exact) mass is 677 g/mol. The minimum Gasteiger partial charge on any atom is -0.352 e. The fraction of sp³-hybridized carbons (Fsp3) is 0.278. The van der Waals surface area contributed by atoms with E-state index in [1.807, 2.05) is 30.3 Å². The van der Waals surface area contributed by atoms with Gasteiger partial charge in [-0.15, -0.1) is 0 Å². The molecule has 0 bridgehead atoms. The second kappa shape index (κ2) is 15.6. The smallest absolute Gasteiger partial charge is 0.264 e. The van der Waals surface area contributed by atoms with Crippen molar-refractivity contribution in [2.24, 2.45) is 0 Å². The summed E-state index contributed by atoms with van der Waals surface area (Å²) in [7, 11) is -4.20. The Morgan fingerprint density at radius 2 is 1.41 bits per heavy atom. The van der Waals surface area contributed by atoms with Crippen LogP contribution in [0.5, 0.6) is 0 Å². The Hall–Kier alpha value is -3.85. The van der Waals surface area contributed by atoms with Crippen LogP contribution in [-0.2, 0) is 32.6 Å². The van der Waals surface area contributed by atoms with Gasteiger partial charge in [-0.2, -0.15) is 0 Å². The average molecular weight is 679 g/mol. The van der Waals surface area contributed by atoms with E-state index in [9.17, 15) is 18.0 Å². The Labute approximate surface area is 281 Å². The molecule has 10 heteroatoms. The van der Waals surface area contributed by atoms with E-state index in [0.29, 0.717) is 10.0 Å². The van der Waals surface area contributed by atoms with Gasteiger partial charge in [-0.05, 0) is 66.4 Å². The number of nitrogens with zero attached hydrogens (tertiary/aromatic N) is 2. The molecule has 0 saturated heterocycles. The Bertz CT molecular complexity index is 1720. The summed E-state index contributed by atoms with van der Waals surface area (Å²) in [6, 6.07) is 30.0. The van der Waals surface area contributed by atoms with Crippen LogP contribution in [0.15, 0.2) is 114 Å². The molecule has 4 aromatic carbocycles. The standard InChI is InChI=1S/C36H37Cl2N3O4S/c37-29-21-19-28(20-22-29)25-40(34(23-27-11-4-1-5-12-27)36(43)39-31-14-6-2-7-15-31)35(42)26-41(32-16-10-13-30(38)24-32)46(44,45)33-17-8-3-9-18-33/h1,3-5,8-13,16-22,24,31,34H,2,6-7,14-15,23,25-26H2,(H,39,43)/t34-/m0/s1. The number of anilines is 1. The molecule has 0 aromatic heterocycles. The molecule has 1 fully saturated rings. The van der Waals surface area contributed by atoms with E-state index in [1.54, 1.807) is 60.7 Å². The lowest BCUT2D eigenvalue weighted by molar-refractivity contribution is -0.140. The molecule has 1 aliphatic rings. The predicted octanol–water partition coefficient (Wildman–Crippen LogP) is 7.28. The lowest BCUT2D eigenvalue weighted by atomic mass is 9.94. The van der Waals surface area contributed by atoms with Crippen molar-refractivity contribution in [3.8, 4) is 0 Å². The molecule has 7 nitrogen and oxygen atoms in total. The molecule has 0 heterocycles. The summed E-state index contributed by atoms with van der Waals surface area (Å²) in [4.78, 5) is 30.2. The van der Waals surface area contributed by atoms with Crippen molar-refractivity contribution in [2.75, 3.05) is 10.8 Å². The first kappa shape index (κ1) is 33.5. The maximum absolute atomic E-state index is 14.6. The fourth-order valence-corrected chi connectivity index (χ4v) is 7.50. The van der Waals surface area contributed by atoms with Crippen molar-refractivity contribution in [1.82, 2.24) is 10.2 Å². The summed E-state index contributed by atoms with van der Waals surface area (Å²) in [5.41, 5.74) is 1.87. The van der Waals surface area contributed by atoms with Crippen LogP contribution in [0.1, 0.15) is 43.2 Å². The number of sulfonamides is 1. The molecule has 4 aromatic rings. The van der Waals surface area contributed by atoms with Gasteiger partial charge in [0.1, 0.15) is 12.6 Å². The van der Waals surface area contributed by atoms with Crippen molar-refractivity contribution in [1.29, 1.82) is 0 Å². The van der Waals surface area contributed by atoms with E-state index in [0.717, 1.165) is 47.5 Å². The highest BCUT2D eigenvalue weighted by molar-refractivity contribution is 7.92. The van der Waals surface area contributed by atoms with Crippen molar-refractivity contribution < 1.29 is 18.0 Å². The molecule has 240 valence electrons. The third-order valence-electron chi connectivity index (χ3n) is 8.20. The fourth-order valence-electron chi connectivity index (χ4n) is 5.76. The molecule has 2 amide bonds. The van der Waals surface area contributed by atoms with Crippen LogP contribution >= 0.6 is 23.2 Å². The van der Waals surface area contributed by atoms with Gasteiger partial charge < -0.3 is 10.2 Å². The number of benzene rings is 4. The van der Waals surface area contributed by atoms with Crippen LogP contribution in [0, 0.1) is 0 Å². The van der Waals surface area contributed by atoms with Gasteiger partial charge in [-0.1, -0.05) is 109 Å². The number of halogens is 2. The summed E-state index contributed by atoms with van der Waals surface area (Å²) in [5, 5.41) is 4.08. The summed E-state index contributed by atoms with van der Waals surface area (Å²) >= 11 is 12.5. The van der Waals surface area contributed by atoms with Gasteiger partial charge >= 0.3 is 0 Å². The first-order chi connectivity index (χ1) is 22.2.